The minimum atomic E-state index is 0.626. The van der Waals surface area contributed by atoms with Crippen molar-refractivity contribution >= 4 is 21.9 Å². The second kappa shape index (κ2) is 6.89. The van der Waals surface area contributed by atoms with E-state index in [1.54, 1.807) is 19.4 Å². The number of alkyl halides is 1. The SMILES string of the molecule is COc1ccnc(N2CCCN(CCBr)CC2)n1. The van der Waals surface area contributed by atoms with Gasteiger partial charge in [-0.15, -0.1) is 0 Å². The molecule has 1 aliphatic heterocycles. The minimum absolute atomic E-state index is 0.626. The Balaban J connectivity index is 2.00. The number of anilines is 1. The molecule has 0 atom stereocenters. The Kier molecular flexibility index (Phi) is 5.19. The van der Waals surface area contributed by atoms with Gasteiger partial charge in [0.1, 0.15) is 0 Å². The molecule has 1 aromatic heterocycles. The van der Waals surface area contributed by atoms with Crippen LogP contribution in [0.2, 0.25) is 0 Å². The molecule has 0 unspecified atom stereocenters. The third-order valence-corrected chi connectivity index (χ3v) is 3.45. The standard InChI is InChI=1S/C12H19BrN4O/c1-18-11-3-5-14-12(15-11)17-7-2-6-16(8-4-13)9-10-17/h3,5H,2,4,6-10H2,1H3. The number of nitrogens with zero attached hydrogens (tertiary/aromatic N) is 4. The number of methoxy groups -OCH3 is 1. The Labute approximate surface area is 116 Å². The normalized spacial score (nSPS) is 17.6. The highest BCUT2D eigenvalue weighted by Gasteiger charge is 2.16. The van der Waals surface area contributed by atoms with E-state index in [1.165, 1.54) is 0 Å². The fourth-order valence-corrected chi connectivity index (χ4v) is 2.61. The summed E-state index contributed by atoms with van der Waals surface area (Å²) >= 11 is 3.49. The third-order valence-electron chi connectivity index (χ3n) is 3.10. The van der Waals surface area contributed by atoms with Crippen molar-refractivity contribution in [2.75, 3.05) is 50.1 Å². The molecule has 5 nitrogen and oxygen atoms in total. The summed E-state index contributed by atoms with van der Waals surface area (Å²) < 4.78 is 5.14. The Hall–Kier alpha value is -0.880. The third kappa shape index (κ3) is 3.55. The highest BCUT2D eigenvalue weighted by Crippen LogP contribution is 2.14. The number of ether oxygens (including phenoxy) is 1. The van der Waals surface area contributed by atoms with Crippen LogP contribution in [0.5, 0.6) is 5.88 Å². The largest absolute Gasteiger partial charge is 0.481 e. The fourth-order valence-electron chi connectivity index (χ4n) is 2.11. The zero-order valence-electron chi connectivity index (χ0n) is 10.7. The minimum Gasteiger partial charge on any atom is -0.481 e. The molecule has 1 aliphatic rings. The Bertz CT molecular complexity index is 377. The van der Waals surface area contributed by atoms with Gasteiger partial charge in [-0.3, -0.25) is 0 Å². The number of hydrogen-bond donors (Lipinski definition) is 0. The van der Waals surface area contributed by atoms with Crippen molar-refractivity contribution in [1.82, 2.24) is 14.9 Å². The lowest BCUT2D eigenvalue weighted by atomic mass is 10.4. The molecular formula is C12H19BrN4O. The highest BCUT2D eigenvalue weighted by atomic mass is 79.9. The van der Waals surface area contributed by atoms with Crippen molar-refractivity contribution in [2.45, 2.75) is 6.42 Å². The smallest absolute Gasteiger partial charge is 0.228 e. The van der Waals surface area contributed by atoms with Gasteiger partial charge in [-0.25, -0.2) is 4.98 Å². The average molecular weight is 315 g/mol. The molecular weight excluding hydrogens is 296 g/mol. The van der Waals surface area contributed by atoms with Gasteiger partial charge >= 0.3 is 0 Å². The molecule has 0 bridgehead atoms. The van der Waals surface area contributed by atoms with E-state index >= 15 is 0 Å². The quantitative estimate of drug-likeness (QED) is 0.786. The van der Waals surface area contributed by atoms with Crippen molar-refractivity contribution < 1.29 is 4.74 Å². The van der Waals surface area contributed by atoms with Crippen molar-refractivity contribution in [1.29, 1.82) is 0 Å². The van der Waals surface area contributed by atoms with Crippen LogP contribution in [0.25, 0.3) is 0 Å². The van der Waals surface area contributed by atoms with Crippen LogP contribution in [0.3, 0.4) is 0 Å². The molecule has 0 aliphatic carbocycles. The van der Waals surface area contributed by atoms with Gasteiger partial charge in [0.25, 0.3) is 0 Å². The second-order valence-electron chi connectivity index (χ2n) is 4.27. The fraction of sp³-hybridized carbons (Fsp3) is 0.667. The summed E-state index contributed by atoms with van der Waals surface area (Å²) in [7, 11) is 1.63. The first-order chi connectivity index (χ1) is 8.83. The van der Waals surface area contributed by atoms with Crippen molar-refractivity contribution in [3.63, 3.8) is 0 Å². The van der Waals surface area contributed by atoms with Crippen molar-refractivity contribution in [3.8, 4) is 5.88 Å². The van der Waals surface area contributed by atoms with E-state index in [9.17, 15) is 0 Å². The first kappa shape index (κ1) is 13.5. The van der Waals surface area contributed by atoms with E-state index in [0.29, 0.717) is 5.88 Å². The van der Waals surface area contributed by atoms with Gasteiger partial charge in [-0.1, -0.05) is 15.9 Å². The van der Waals surface area contributed by atoms with Crippen LogP contribution in [0.1, 0.15) is 6.42 Å². The maximum absolute atomic E-state index is 5.14. The molecule has 18 heavy (non-hydrogen) atoms. The highest BCUT2D eigenvalue weighted by molar-refractivity contribution is 9.09. The molecule has 2 rings (SSSR count). The summed E-state index contributed by atoms with van der Waals surface area (Å²) in [5.41, 5.74) is 0. The van der Waals surface area contributed by atoms with Gasteiger partial charge in [0.2, 0.25) is 11.8 Å². The second-order valence-corrected chi connectivity index (χ2v) is 5.06. The monoisotopic (exact) mass is 314 g/mol. The summed E-state index contributed by atoms with van der Waals surface area (Å²) in [6.45, 7) is 5.29. The number of rotatable bonds is 4. The first-order valence-electron chi connectivity index (χ1n) is 6.24. The zero-order chi connectivity index (χ0) is 12.8. The zero-order valence-corrected chi connectivity index (χ0v) is 12.3. The lowest BCUT2D eigenvalue weighted by molar-refractivity contribution is 0.313. The van der Waals surface area contributed by atoms with Crippen LogP contribution in [0, 0.1) is 0 Å². The summed E-state index contributed by atoms with van der Waals surface area (Å²) in [4.78, 5) is 13.4. The predicted octanol–water partition coefficient (Wildman–Crippen LogP) is 1.39. The predicted molar refractivity (Wildman–Crippen MR) is 75.6 cm³/mol. The molecule has 1 fully saturated rings. The van der Waals surface area contributed by atoms with Gasteiger partial charge in [0, 0.05) is 43.8 Å². The maximum atomic E-state index is 5.14. The molecule has 1 saturated heterocycles. The van der Waals surface area contributed by atoms with Gasteiger partial charge in [-0.2, -0.15) is 4.98 Å². The van der Waals surface area contributed by atoms with E-state index in [-0.39, 0.29) is 0 Å². The van der Waals surface area contributed by atoms with Crippen LogP contribution in [-0.4, -0.2) is 60.0 Å². The summed E-state index contributed by atoms with van der Waals surface area (Å²) in [5, 5.41) is 1.03. The van der Waals surface area contributed by atoms with Gasteiger partial charge in [-0.05, 0) is 13.0 Å². The van der Waals surface area contributed by atoms with Gasteiger partial charge < -0.3 is 14.5 Å². The summed E-state index contributed by atoms with van der Waals surface area (Å²) in [6, 6.07) is 1.78. The van der Waals surface area contributed by atoms with E-state index in [0.717, 1.165) is 50.4 Å². The molecule has 0 amide bonds. The van der Waals surface area contributed by atoms with Crippen molar-refractivity contribution in [2.24, 2.45) is 0 Å². The van der Waals surface area contributed by atoms with Crippen LogP contribution in [-0.2, 0) is 0 Å². The van der Waals surface area contributed by atoms with Crippen LogP contribution < -0.4 is 9.64 Å². The van der Waals surface area contributed by atoms with Crippen LogP contribution in [0.4, 0.5) is 5.95 Å². The topological polar surface area (TPSA) is 41.5 Å². The lowest BCUT2D eigenvalue weighted by Crippen LogP contribution is -2.32. The molecule has 6 heteroatoms. The molecule has 2 heterocycles. The Morgan fingerprint density at radius 1 is 1.33 bits per heavy atom. The average Bonchev–Trinajstić information content (AvgIpc) is 2.65. The lowest BCUT2D eigenvalue weighted by Gasteiger charge is -2.21. The molecule has 100 valence electrons. The maximum Gasteiger partial charge on any atom is 0.228 e. The van der Waals surface area contributed by atoms with E-state index in [2.05, 4.69) is 35.7 Å². The van der Waals surface area contributed by atoms with Crippen LogP contribution >= 0.6 is 15.9 Å². The van der Waals surface area contributed by atoms with Crippen molar-refractivity contribution in [3.05, 3.63) is 12.3 Å². The van der Waals surface area contributed by atoms with Gasteiger partial charge in [0.05, 0.1) is 7.11 Å². The van der Waals surface area contributed by atoms with E-state index in [1.807, 2.05) is 0 Å². The van der Waals surface area contributed by atoms with E-state index < -0.39 is 0 Å². The van der Waals surface area contributed by atoms with Gasteiger partial charge in [0.15, 0.2) is 0 Å². The molecule has 1 aromatic rings. The summed E-state index contributed by atoms with van der Waals surface area (Å²) in [5.74, 6) is 1.40. The van der Waals surface area contributed by atoms with E-state index in [4.69, 9.17) is 4.74 Å². The number of aromatic nitrogens is 2. The Morgan fingerprint density at radius 2 is 2.22 bits per heavy atom. The molecule has 0 radical (unpaired) electrons. The molecule has 0 N–H and O–H groups in total. The molecule has 0 aromatic carbocycles. The number of hydrogen-bond acceptors (Lipinski definition) is 5. The first-order valence-corrected chi connectivity index (χ1v) is 7.36. The Morgan fingerprint density at radius 3 is 3.00 bits per heavy atom. The molecule has 0 spiro atoms. The van der Waals surface area contributed by atoms with Crippen LogP contribution in [0.15, 0.2) is 12.3 Å². The number of halogens is 1. The summed E-state index contributed by atoms with van der Waals surface area (Å²) in [6.07, 6.45) is 2.90. The molecule has 0 saturated carbocycles.